The summed E-state index contributed by atoms with van der Waals surface area (Å²) in [6, 6.07) is 10.4. The third-order valence-electron chi connectivity index (χ3n) is 4.01. The second kappa shape index (κ2) is 5.19. The van der Waals surface area contributed by atoms with Crippen molar-refractivity contribution in [3.05, 3.63) is 53.6 Å². The maximum absolute atomic E-state index is 9.39. The molecule has 0 radical (unpaired) electrons. The van der Waals surface area contributed by atoms with E-state index >= 15 is 0 Å². The fourth-order valence-electron chi connectivity index (χ4n) is 2.98. The molecule has 20 heavy (non-hydrogen) atoms. The standard InChI is InChI=1S/C16H14N4/c17-8-12-1-4-15-13(7-12)2-3-14(9-18)16(15)10-20-6-5-19-11-20/h1,4-7,11,14,16H,2-3,10H2/t14-,16-/m1/s1. The Hall–Kier alpha value is -2.59. The summed E-state index contributed by atoms with van der Waals surface area (Å²) in [5.74, 6) is 0.198. The highest BCUT2D eigenvalue weighted by Gasteiger charge is 2.29. The second-order valence-electron chi connectivity index (χ2n) is 5.17. The maximum atomic E-state index is 9.39. The Morgan fingerprint density at radius 3 is 2.95 bits per heavy atom. The molecule has 1 heterocycles. The first-order valence-corrected chi connectivity index (χ1v) is 6.70. The molecule has 0 aliphatic heterocycles. The molecule has 98 valence electrons. The quantitative estimate of drug-likeness (QED) is 0.835. The molecule has 1 aromatic heterocycles. The van der Waals surface area contributed by atoms with Crippen molar-refractivity contribution >= 4 is 0 Å². The number of fused-ring (bicyclic) bond motifs is 1. The van der Waals surface area contributed by atoms with E-state index in [1.54, 1.807) is 12.5 Å². The Bertz CT molecular complexity index is 688. The summed E-state index contributed by atoms with van der Waals surface area (Å²) in [6.07, 6.45) is 7.20. The van der Waals surface area contributed by atoms with Crippen LogP contribution in [0.15, 0.2) is 36.9 Å². The van der Waals surface area contributed by atoms with Crippen LogP contribution in [0.25, 0.3) is 0 Å². The van der Waals surface area contributed by atoms with Crippen LogP contribution < -0.4 is 0 Å². The lowest BCUT2D eigenvalue weighted by Gasteiger charge is -2.30. The van der Waals surface area contributed by atoms with E-state index in [9.17, 15) is 5.26 Å². The predicted octanol–water partition coefficient (Wildman–Crippen LogP) is 2.62. The van der Waals surface area contributed by atoms with Gasteiger partial charge in [0.15, 0.2) is 0 Å². The van der Waals surface area contributed by atoms with Gasteiger partial charge in [0.25, 0.3) is 0 Å². The van der Waals surface area contributed by atoms with Gasteiger partial charge in [-0.3, -0.25) is 0 Å². The van der Waals surface area contributed by atoms with Gasteiger partial charge >= 0.3 is 0 Å². The maximum Gasteiger partial charge on any atom is 0.0991 e. The molecule has 0 bridgehead atoms. The fourth-order valence-corrected chi connectivity index (χ4v) is 2.98. The van der Waals surface area contributed by atoms with Crippen molar-refractivity contribution < 1.29 is 0 Å². The van der Waals surface area contributed by atoms with E-state index in [2.05, 4.69) is 17.1 Å². The molecule has 0 saturated heterocycles. The third kappa shape index (κ3) is 2.17. The van der Waals surface area contributed by atoms with Crippen LogP contribution in [0, 0.1) is 28.6 Å². The topological polar surface area (TPSA) is 65.4 Å². The third-order valence-corrected chi connectivity index (χ3v) is 4.01. The van der Waals surface area contributed by atoms with Crippen LogP contribution in [0.2, 0.25) is 0 Å². The highest BCUT2D eigenvalue weighted by atomic mass is 15.0. The SMILES string of the molecule is N#Cc1ccc2c(c1)CC[C@H](C#N)[C@H]2Cn1ccnc1. The molecule has 0 fully saturated rings. The van der Waals surface area contributed by atoms with Gasteiger partial charge in [0.1, 0.15) is 0 Å². The van der Waals surface area contributed by atoms with Gasteiger partial charge in [0.05, 0.1) is 29.9 Å². The minimum Gasteiger partial charge on any atom is -0.337 e. The average molecular weight is 262 g/mol. The summed E-state index contributed by atoms with van der Waals surface area (Å²) in [5.41, 5.74) is 3.11. The molecule has 0 N–H and O–H groups in total. The Kier molecular flexibility index (Phi) is 3.23. The van der Waals surface area contributed by atoms with E-state index in [-0.39, 0.29) is 11.8 Å². The highest BCUT2D eigenvalue weighted by molar-refractivity contribution is 5.42. The van der Waals surface area contributed by atoms with Gasteiger partial charge in [-0.25, -0.2) is 4.98 Å². The monoisotopic (exact) mass is 262 g/mol. The zero-order valence-corrected chi connectivity index (χ0v) is 11.0. The van der Waals surface area contributed by atoms with Crippen molar-refractivity contribution in [3.63, 3.8) is 0 Å². The largest absolute Gasteiger partial charge is 0.337 e. The van der Waals surface area contributed by atoms with Gasteiger partial charge in [0, 0.05) is 24.9 Å². The summed E-state index contributed by atoms with van der Waals surface area (Å²) < 4.78 is 2.02. The molecular weight excluding hydrogens is 248 g/mol. The van der Waals surface area contributed by atoms with Gasteiger partial charge in [-0.05, 0) is 36.1 Å². The molecule has 3 rings (SSSR count). The Morgan fingerprint density at radius 2 is 2.25 bits per heavy atom. The minimum atomic E-state index is 0.0258. The van der Waals surface area contributed by atoms with Crippen LogP contribution in [-0.4, -0.2) is 9.55 Å². The van der Waals surface area contributed by atoms with Crippen molar-refractivity contribution in [1.29, 1.82) is 10.5 Å². The van der Waals surface area contributed by atoms with Gasteiger partial charge < -0.3 is 4.57 Å². The fraction of sp³-hybridized carbons (Fsp3) is 0.312. The molecular formula is C16H14N4. The van der Waals surface area contributed by atoms with E-state index < -0.39 is 0 Å². The summed E-state index contributed by atoms with van der Waals surface area (Å²) in [7, 11) is 0. The first-order valence-electron chi connectivity index (χ1n) is 6.70. The van der Waals surface area contributed by atoms with Crippen LogP contribution in [0.3, 0.4) is 0 Å². The first kappa shape index (κ1) is 12.4. The number of hydrogen-bond donors (Lipinski definition) is 0. The van der Waals surface area contributed by atoms with E-state index in [4.69, 9.17) is 5.26 Å². The number of imidazole rings is 1. The van der Waals surface area contributed by atoms with Gasteiger partial charge in [-0.15, -0.1) is 0 Å². The van der Waals surface area contributed by atoms with E-state index in [0.717, 1.165) is 19.4 Å². The summed E-state index contributed by atoms with van der Waals surface area (Å²) in [4.78, 5) is 4.06. The normalized spacial score (nSPS) is 20.7. The average Bonchev–Trinajstić information content (AvgIpc) is 3.00. The Balaban J connectivity index is 1.98. The van der Waals surface area contributed by atoms with Crippen LogP contribution in [0.4, 0.5) is 0 Å². The minimum absolute atomic E-state index is 0.0258. The van der Waals surface area contributed by atoms with E-state index in [0.29, 0.717) is 5.56 Å². The molecule has 0 saturated carbocycles. The van der Waals surface area contributed by atoms with Crippen molar-refractivity contribution in [3.8, 4) is 12.1 Å². The number of aryl methyl sites for hydroxylation is 1. The van der Waals surface area contributed by atoms with E-state index in [1.165, 1.54) is 11.1 Å². The molecule has 4 nitrogen and oxygen atoms in total. The summed E-state index contributed by atoms with van der Waals surface area (Å²) in [6.45, 7) is 0.761. The highest BCUT2D eigenvalue weighted by Crippen LogP contribution is 2.37. The molecule has 2 atom stereocenters. The lowest BCUT2D eigenvalue weighted by molar-refractivity contribution is 0.405. The molecule has 1 aliphatic rings. The lowest BCUT2D eigenvalue weighted by Crippen LogP contribution is -2.23. The van der Waals surface area contributed by atoms with Crippen molar-refractivity contribution in [1.82, 2.24) is 9.55 Å². The molecule has 1 aromatic carbocycles. The zero-order valence-electron chi connectivity index (χ0n) is 11.0. The number of nitrogens with zero attached hydrogens (tertiary/aromatic N) is 4. The predicted molar refractivity (Wildman–Crippen MR) is 73.5 cm³/mol. The smallest absolute Gasteiger partial charge is 0.0991 e. The van der Waals surface area contributed by atoms with Crippen molar-refractivity contribution in [2.24, 2.45) is 5.92 Å². The Morgan fingerprint density at radius 1 is 1.35 bits per heavy atom. The number of benzene rings is 1. The molecule has 0 spiro atoms. The molecule has 0 amide bonds. The number of nitriles is 2. The molecule has 4 heteroatoms. The van der Waals surface area contributed by atoms with Gasteiger partial charge in [0.2, 0.25) is 0 Å². The van der Waals surface area contributed by atoms with Crippen molar-refractivity contribution in [2.45, 2.75) is 25.3 Å². The van der Waals surface area contributed by atoms with Gasteiger partial charge in [-0.1, -0.05) is 6.07 Å². The summed E-state index contributed by atoms with van der Waals surface area (Å²) in [5, 5.41) is 18.4. The number of rotatable bonds is 2. The van der Waals surface area contributed by atoms with Crippen LogP contribution in [0.5, 0.6) is 0 Å². The first-order chi connectivity index (χ1) is 9.81. The van der Waals surface area contributed by atoms with Crippen molar-refractivity contribution in [2.75, 3.05) is 0 Å². The molecule has 2 aromatic rings. The second-order valence-corrected chi connectivity index (χ2v) is 5.17. The van der Waals surface area contributed by atoms with Crippen LogP contribution >= 0.6 is 0 Å². The lowest BCUT2D eigenvalue weighted by atomic mass is 9.75. The molecule has 1 aliphatic carbocycles. The summed E-state index contributed by atoms with van der Waals surface area (Å²) >= 11 is 0. The number of hydrogen-bond acceptors (Lipinski definition) is 3. The van der Waals surface area contributed by atoms with Gasteiger partial charge in [-0.2, -0.15) is 10.5 Å². The zero-order chi connectivity index (χ0) is 13.9. The molecule has 0 unspecified atom stereocenters. The van der Waals surface area contributed by atoms with Crippen LogP contribution in [-0.2, 0) is 13.0 Å². The number of aromatic nitrogens is 2. The Labute approximate surface area is 117 Å². The van der Waals surface area contributed by atoms with E-state index in [1.807, 2.05) is 29.0 Å². The van der Waals surface area contributed by atoms with Crippen LogP contribution in [0.1, 0.15) is 29.0 Å².